The number of carbonyl (C=O) groups excluding carboxylic acids is 1. The summed E-state index contributed by atoms with van der Waals surface area (Å²) in [7, 11) is 0. The van der Waals surface area contributed by atoms with Crippen LogP contribution in [0.3, 0.4) is 0 Å². The molecule has 3 unspecified atom stereocenters. The van der Waals surface area contributed by atoms with Gasteiger partial charge >= 0.3 is 0 Å². The molecule has 0 saturated heterocycles. The summed E-state index contributed by atoms with van der Waals surface area (Å²) in [6.07, 6.45) is 5.15. The van der Waals surface area contributed by atoms with Gasteiger partial charge in [-0.3, -0.25) is 4.79 Å². The molecule has 0 spiro atoms. The van der Waals surface area contributed by atoms with Gasteiger partial charge in [0.1, 0.15) is 0 Å². The van der Waals surface area contributed by atoms with Gasteiger partial charge in [-0.1, -0.05) is 20.3 Å². The second-order valence-corrected chi connectivity index (χ2v) is 4.80. The molecule has 0 aromatic heterocycles. The Morgan fingerprint density at radius 3 is 2.80 bits per heavy atom. The number of nitrogens with two attached hydrogens (primary N) is 1. The van der Waals surface area contributed by atoms with Gasteiger partial charge in [-0.05, 0) is 31.6 Å². The molecule has 0 aromatic carbocycles. The molecule has 1 aliphatic carbocycles. The fraction of sp³-hybridized carbons (Fsp3) is 0.917. The zero-order valence-electron chi connectivity index (χ0n) is 9.96. The average Bonchev–Trinajstić information content (AvgIpc) is 2.22. The van der Waals surface area contributed by atoms with Crippen molar-refractivity contribution in [3.8, 4) is 0 Å². The first-order valence-corrected chi connectivity index (χ1v) is 6.18. The molecule has 3 atom stereocenters. The maximum absolute atomic E-state index is 11.8. The molecule has 3 heteroatoms. The van der Waals surface area contributed by atoms with Crippen LogP contribution in [0.4, 0.5) is 0 Å². The molecule has 0 bridgehead atoms. The molecule has 1 saturated carbocycles. The topological polar surface area (TPSA) is 55.1 Å². The molecule has 0 aliphatic heterocycles. The second-order valence-electron chi connectivity index (χ2n) is 4.80. The lowest BCUT2D eigenvalue weighted by atomic mass is 9.79. The lowest BCUT2D eigenvalue weighted by Gasteiger charge is -2.31. The number of hydrogen-bond acceptors (Lipinski definition) is 2. The first kappa shape index (κ1) is 12.5. The maximum atomic E-state index is 11.8. The third-order valence-corrected chi connectivity index (χ3v) is 3.46. The van der Waals surface area contributed by atoms with Crippen molar-refractivity contribution in [1.29, 1.82) is 0 Å². The standard InChI is InChI=1S/C12H24N2O/c1-3-4-7-14-12(15)10-6-5-9(2)11(13)8-10/h9-11H,3-8,13H2,1-2H3,(H,14,15). The number of unbranched alkanes of at least 4 members (excludes halogenated alkanes) is 1. The van der Waals surface area contributed by atoms with Crippen LogP contribution < -0.4 is 11.1 Å². The summed E-state index contributed by atoms with van der Waals surface area (Å²) >= 11 is 0. The first-order chi connectivity index (χ1) is 7.15. The SMILES string of the molecule is CCCCNC(=O)C1CCC(C)C(N)C1. The van der Waals surface area contributed by atoms with Gasteiger partial charge in [0.05, 0.1) is 0 Å². The van der Waals surface area contributed by atoms with E-state index in [1.807, 2.05) is 0 Å². The molecule has 0 heterocycles. The van der Waals surface area contributed by atoms with E-state index in [0.29, 0.717) is 5.92 Å². The van der Waals surface area contributed by atoms with Gasteiger partial charge in [0.25, 0.3) is 0 Å². The van der Waals surface area contributed by atoms with Crippen LogP contribution in [-0.2, 0) is 4.79 Å². The van der Waals surface area contributed by atoms with E-state index in [9.17, 15) is 4.79 Å². The third-order valence-electron chi connectivity index (χ3n) is 3.46. The Bertz CT molecular complexity index is 206. The highest BCUT2D eigenvalue weighted by molar-refractivity contribution is 5.78. The Labute approximate surface area is 92.8 Å². The van der Waals surface area contributed by atoms with E-state index < -0.39 is 0 Å². The molecule has 1 rings (SSSR count). The normalized spacial score (nSPS) is 31.3. The lowest BCUT2D eigenvalue weighted by molar-refractivity contribution is -0.126. The van der Waals surface area contributed by atoms with Crippen LogP contribution in [0.2, 0.25) is 0 Å². The molecule has 3 N–H and O–H groups in total. The summed E-state index contributed by atoms with van der Waals surface area (Å²) in [5.74, 6) is 0.948. The van der Waals surface area contributed by atoms with Crippen LogP contribution in [0, 0.1) is 11.8 Å². The van der Waals surface area contributed by atoms with Crippen molar-refractivity contribution in [1.82, 2.24) is 5.32 Å². The van der Waals surface area contributed by atoms with Crippen LogP contribution >= 0.6 is 0 Å². The van der Waals surface area contributed by atoms with Crippen molar-refractivity contribution < 1.29 is 4.79 Å². The van der Waals surface area contributed by atoms with Gasteiger partial charge in [0, 0.05) is 18.5 Å². The van der Waals surface area contributed by atoms with Crippen molar-refractivity contribution in [2.45, 2.75) is 52.0 Å². The summed E-state index contributed by atoms with van der Waals surface area (Å²) in [5.41, 5.74) is 5.98. The summed E-state index contributed by atoms with van der Waals surface area (Å²) in [6, 6.07) is 0.209. The molecular weight excluding hydrogens is 188 g/mol. The molecule has 88 valence electrons. The van der Waals surface area contributed by atoms with E-state index in [4.69, 9.17) is 5.73 Å². The van der Waals surface area contributed by atoms with Crippen molar-refractivity contribution in [2.24, 2.45) is 17.6 Å². The van der Waals surface area contributed by atoms with E-state index in [1.54, 1.807) is 0 Å². The Balaban J connectivity index is 2.28. The summed E-state index contributed by atoms with van der Waals surface area (Å²) in [6.45, 7) is 5.12. The predicted octanol–water partition coefficient (Wildman–Crippen LogP) is 1.67. The smallest absolute Gasteiger partial charge is 0.223 e. The zero-order valence-corrected chi connectivity index (χ0v) is 9.96. The Morgan fingerprint density at radius 1 is 1.47 bits per heavy atom. The molecule has 15 heavy (non-hydrogen) atoms. The molecular formula is C12H24N2O. The van der Waals surface area contributed by atoms with E-state index >= 15 is 0 Å². The van der Waals surface area contributed by atoms with Gasteiger partial charge in [-0.25, -0.2) is 0 Å². The van der Waals surface area contributed by atoms with Crippen LogP contribution in [-0.4, -0.2) is 18.5 Å². The number of nitrogens with one attached hydrogen (secondary N) is 1. The maximum Gasteiger partial charge on any atom is 0.223 e. The number of rotatable bonds is 4. The molecule has 0 radical (unpaired) electrons. The Hall–Kier alpha value is -0.570. The van der Waals surface area contributed by atoms with Crippen LogP contribution in [0.15, 0.2) is 0 Å². The number of amides is 1. The minimum Gasteiger partial charge on any atom is -0.356 e. The van der Waals surface area contributed by atoms with Gasteiger partial charge < -0.3 is 11.1 Å². The lowest BCUT2D eigenvalue weighted by Crippen LogP contribution is -2.41. The number of hydrogen-bond donors (Lipinski definition) is 2. The Kier molecular flexibility index (Phi) is 5.09. The summed E-state index contributed by atoms with van der Waals surface area (Å²) in [4.78, 5) is 11.8. The third kappa shape index (κ3) is 3.82. The average molecular weight is 212 g/mol. The molecule has 3 nitrogen and oxygen atoms in total. The molecule has 1 fully saturated rings. The minimum atomic E-state index is 0.160. The largest absolute Gasteiger partial charge is 0.356 e. The minimum absolute atomic E-state index is 0.160. The molecule has 1 amide bonds. The van der Waals surface area contributed by atoms with Crippen LogP contribution in [0.25, 0.3) is 0 Å². The molecule has 1 aliphatic rings. The highest BCUT2D eigenvalue weighted by atomic mass is 16.1. The van der Waals surface area contributed by atoms with Crippen molar-refractivity contribution in [3.63, 3.8) is 0 Å². The zero-order chi connectivity index (χ0) is 11.3. The summed E-state index contributed by atoms with van der Waals surface area (Å²) < 4.78 is 0. The van der Waals surface area contributed by atoms with Gasteiger partial charge in [-0.2, -0.15) is 0 Å². The van der Waals surface area contributed by atoms with E-state index in [-0.39, 0.29) is 17.9 Å². The van der Waals surface area contributed by atoms with Gasteiger partial charge in [0.2, 0.25) is 5.91 Å². The fourth-order valence-corrected chi connectivity index (χ4v) is 2.13. The van der Waals surface area contributed by atoms with Gasteiger partial charge in [-0.15, -0.1) is 0 Å². The number of carbonyl (C=O) groups is 1. The first-order valence-electron chi connectivity index (χ1n) is 6.18. The highest BCUT2D eigenvalue weighted by Crippen LogP contribution is 2.27. The fourth-order valence-electron chi connectivity index (χ4n) is 2.13. The second kappa shape index (κ2) is 6.11. The van der Waals surface area contributed by atoms with Crippen molar-refractivity contribution in [3.05, 3.63) is 0 Å². The van der Waals surface area contributed by atoms with E-state index in [2.05, 4.69) is 19.2 Å². The highest BCUT2D eigenvalue weighted by Gasteiger charge is 2.29. The van der Waals surface area contributed by atoms with Crippen molar-refractivity contribution >= 4 is 5.91 Å². The molecule has 0 aromatic rings. The quantitative estimate of drug-likeness (QED) is 0.696. The van der Waals surface area contributed by atoms with Crippen molar-refractivity contribution in [2.75, 3.05) is 6.54 Å². The monoisotopic (exact) mass is 212 g/mol. The predicted molar refractivity (Wildman–Crippen MR) is 62.4 cm³/mol. The van der Waals surface area contributed by atoms with Crippen LogP contribution in [0.1, 0.15) is 46.0 Å². The van der Waals surface area contributed by atoms with E-state index in [0.717, 1.165) is 38.6 Å². The van der Waals surface area contributed by atoms with Gasteiger partial charge in [0.15, 0.2) is 0 Å². The van der Waals surface area contributed by atoms with E-state index in [1.165, 1.54) is 0 Å². The van der Waals surface area contributed by atoms with Crippen LogP contribution in [0.5, 0.6) is 0 Å². The summed E-state index contributed by atoms with van der Waals surface area (Å²) in [5, 5.41) is 2.99. The Morgan fingerprint density at radius 2 is 2.20 bits per heavy atom.